The van der Waals surface area contributed by atoms with Gasteiger partial charge in [0.15, 0.2) is 11.5 Å². The maximum atomic E-state index is 12.9. The van der Waals surface area contributed by atoms with Crippen LogP contribution in [-0.2, 0) is 10.0 Å². The second kappa shape index (κ2) is 7.98. The normalized spacial score (nSPS) is 14.7. The van der Waals surface area contributed by atoms with E-state index in [1.54, 1.807) is 24.3 Å². The molecule has 2 aromatic carbocycles. The van der Waals surface area contributed by atoms with Crippen LogP contribution in [0.25, 0.3) is 0 Å². The van der Waals surface area contributed by atoms with Crippen LogP contribution in [-0.4, -0.2) is 46.0 Å². The summed E-state index contributed by atoms with van der Waals surface area (Å²) in [5.74, 6) is 0.171. The van der Waals surface area contributed by atoms with Crippen molar-refractivity contribution in [3.8, 4) is 17.2 Å². The molecule has 1 saturated heterocycles. The van der Waals surface area contributed by atoms with Crippen LogP contribution < -0.4 is 14.2 Å². The zero-order chi connectivity index (χ0) is 19.4. The molecule has 8 heteroatoms. The Morgan fingerprint density at radius 3 is 2.19 bits per heavy atom. The van der Waals surface area contributed by atoms with Crippen LogP contribution in [0.2, 0.25) is 0 Å². The summed E-state index contributed by atoms with van der Waals surface area (Å²) in [6.07, 6.45) is 1.63. The van der Waals surface area contributed by atoms with Gasteiger partial charge in [0.2, 0.25) is 10.0 Å². The summed E-state index contributed by atoms with van der Waals surface area (Å²) < 4.78 is 43.0. The van der Waals surface area contributed by atoms with E-state index in [9.17, 15) is 13.2 Å². The van der Waals surface area contributed by atoms with Crippen molar-refractivity contribution in [1.82, 2.24) is 4.31 Å². The van der Waals surface area contributed by atoms with Gasteiger partial charge in [0.05, 0.1) is 19.8 Å². The van der Waals surface area contributed by atoms with E-state index in [-0.39, 0.29) is 22.0 Å². The highest BCUT2D eigenvalue weighted by Gasteiger charge is 2.31. The van der Waals surface area contributed by atoms with E-state index in [1.807, 2.05) is 0 Å². The third-order valence-corrected chi connectivity index (χ3v) is 6.27. The van der Waals surface area contributed by atoms with E-state index in [4.69, 9.17) is 14.2 Å². The van der Waals surface area contributed by atoms with Gasteiger partial charge in [-0.2, -0.15) is 4.31 Å². The van der Waals surface area contributed by atoms with Crippen LogP contribution in [0.1, 0.15) is 23.2 Å². The van der Waals surface area contributed by atoms with Crippen molar-refractivity contribution in [3.63, 3.8) is 0 Å². The largest absolute Gasteiger partial charge is 0.495 e. The third-order valence-electron chi connectivity index (χ3n) is 4.35. The maximum absolute atomic E-state index is 12.9. The molecule has 1 aliphatic rings. The topological polar surface area (TPSA) is 82.1 Å². The fourth-order valence-corrected chi connectivity index (χ4v) is 4.63. The number of ether oxygens (including phenoxy) is 3. The van der Waals surface area contributed by atoms with Crippen molar-refractivity contribution in [2.45, 2.75) is 17.7 Å². The summed E-state index contributed by atoms with van der Waals surface area (Å²) in [5.41, 5.74) is 0.111. The number of carbonyl (C=O) groups excluding carboxylic acids is 1. The standard InChI is InChI=1S/C19H21NO6S/c1-24-15-7-3-4-8-16(15)26-19(21)14-9-10-17(25-2)18(13-14)27(22,23)20-11-5-6-12-20/h3-4,7-10,13H,5-6,11-12H2,1-2H3. The van der Waals surface area contributed by atoms with Crippen molar-refractivity contribution < 1.29 is 27.4 Å². The zero-order valence-corrected chi connectivity index (χ0v) is 16.0. The number of benzene rings is 2. The molecule has 1 fully saturated rings. The molecule has 0 aromatic heterocycles. The van der Waals surface area contributed by atoms with Gasteiger partial charge < -0.3 is 14.2 Å². The van der Waals surface area contributed by atoms with Gasteiger partial charge in [0.25, 0.3) is 0 Å². The quantitative estimate of drug-likeness (QED) is 0.556. The van der Waals surface area contributed by atoms with Gasteiger partial charge in [0, 0.05) is 13.1 Å². The van der Waals surface area contributed by atoms with Crippen molar-refractivity contribution >= 4 is 16.0 Å². The molecular weight excluding hydrogens is 370 g/mol. The Hall–Kier alpha value is -2.58. The zero-order valence-electron chi connectivity index (χ0n) is 15.2. The van der Waals surface area contributed by atoms with E-state index in [2.05, 4.69) is 0 Å². The highest BCUT2D eigenvalue weighted by atomic mass is 32.2. The molecule has 27 heavy (non-hydrogen) atoms. The van der Waals surface area contributed by atoms with Gasteiger partial charge >= 0.3 is 5.97 Å². The minimum Gasteiger partial charge on any atom is -0.495 e. The maximum Gasteiger partial charge on any atom is 0.343 e. The van der Waals surface area contributed by atoms with E-state index in [0.717, 1.165) is 12.8 Å². The molecule has 144 valence electrons. The number of nitrogens with zero attached hydrogens (tertiary/aromatic N) is 1. The van der Waals surface area contributed by atoms with E-state index >= 15 is 0 Å². The van der Waals surface area contributed by atoms with Gasteiger partial charge in [-0.3, -0.25) is 0 Å². The predicted octanol–water partition coefficient (Wildman–Crippen LogP) is 2.71. The first-order chi connectivity index (χ1) is 13.0. The molecule has 0 amide bonds. The number of esters is 1. The average Bonchev–Trinajstić information content (AvgIpc) is 3.23. The van der Waals surface area contributed by atoms with Crippen LogP contribution in [0.3, 0.4) is 0 Å². The van der Waals surface area contributed by atoms with Gasteiger partial charge in [-0.05, 0) is 43.2 Å². The molecule has 0 aliphatic carbocycles. The van der Waals surface area contributed by atoms with Crippen LogP contribution in [0.15, 0.2) is 47.4 Å². The monoisotopic (exact) mass is 391 g/mol. The average molecular weight is 391 g/mol. The summed E-state index contributed by atoms with van der Waals surface area (Å²) in [7, 11) is -0.880. The van der Waals surface area contributed by atoms with Crippen LogP contribution in [0, 0.1) is 0 Å². The number of para-hydroxylation sites is 2. The van der Waals surface area contributed by atoms with Gasteiger partial charge in [-0.25, -0.2) is 13.2 Å². The number of carbonyl (C=O) groups is 1. The van der Waals surface area contributed by atoms with E-state index in [0.29, 0.717) is 18.8 Å². The first-order valence-electron chi connectivity index (χ1n) is 8.50. The van der Waals surface area contributed by atoms with Crippen molar-refractivity contribution in [1.29, 1.82) is 0 Å². The van der Waals surface area contributed by atoms with Crippen molar-refractivity contribution in [2.24, 2.45) is 0 Å². The summed E-state index contributed by atoms with van der Waals surface area (Å²) in [4.78, 5) is 12.5. The van der Waals surface area contributed by atoms with Gasteiger partial charge in [0.1, 0.15) is 10.6 Å². The second-order valence-electron chi connectivity index (χ2n) is 6.02. The fraction of sp³-hybridized carbons (Fsp3) is 0.316. The Kier molecular flexibility index (Phi) is 5.67. The molecule has 1 aliphatic heterocycles. The van der Waals surface area contributed by atoms with Crippen molar-refractivity contribution in [2.75, 3.05) is 27.3 Å². The van der Waals surface area contributed by atoms with E-state index in [1.165, 1.54) is 36.7 Å². The highest BCUT2D eigenvalue weighted by molar-refractivity contribution is 7.89. The number of hydrogen-bond donors (Lipinski definition) is 0. The summed E-state index contributed by atoms with van der Waals surface area (Å²) in [6.45, 7) is 0.919. The predicted molar refractivity (Wildman–Crippen MR) is 98.9 cm³/mol. The van der Waals surface area contributed by atoms with Crippen LogP contribution >= 0.6 is 0 Å². The molecule has 0 radical (unpaired) electrons. The Labute approximate surface area is 158 Å². The molecule has 0 saturated carbocycles. The molecule has 0 N–H and O–H groups in total. The fourth-order valence-electron chi connectivity index (χ4n) is 2.93. The molecule has 0 bridgehead atoms. The first-order valence-corrected chi connectivity index (χ1v) is 9.95. The molecular formula is C19H21NO6S. The summed E-state index contributed by atoms with van der Waals surface area (Å²) >= 11 is 0. The molecule has 0 atom stereocenters. The minimum absolute atomic E-state index is 0.0404. The molecule has 0 unspecified atom stereocenters. The molecule has 0 spiro atoms. The lowest BCUT2D eigenvalue weighted by Gasteiger charge is -2.18. The Balaban J connectivity index is 1.94. The SMILES string of the molecule is COc1ccccc1OC(=O)c1ccc(OC)c(S(=O)(=O)N2CCCC2)c1. The minimum atomic E-state index is -3.75. The summed E-state index contributed by atoms with van der Waals surface area (Å²) in [5, 5.41) is 0. The number of hydrogen-bond acceptors (Lipinski definition) is 6. The smallest absolute Gasteiger partial charge is 0.343 e. The lowest BCUT2D eigenvalue weighted by molar-refractivity contribution is 0.0729. The van der Waals surface area contributed by atoms with Crippen LogP contribution in [0.4, 0.5) is 0 Å². The highest BCUT2D eigenvalue weighted by Crippen LogP contribution is 2.31. The molecule has 3 rings (SSSR count). The molecule has 7 nitrogen and oxygen atoms in total. The first kappa shape index (κ1) is 19.2. The lowest BCUT2D eigenvalue weighted by Crippen LogP contribution is -2.28. The molecule has 2 aromatic rings. The Morgan fingerprint density at radius 1 is 0.926 bits per heavy atom. The second-order valence-corrected chi connectivity index (χ2v) is 7.92. The number of rotatable bonds is 6. The van der Waals surface area contributed by atoms with Gasteiger partial charge in [-0.15, -0.1) is 0 Å². The Bertz CT molecular complexity index is 935. The number of sulfonamides is 1. The number of methoxy groups -OCH3 is 2. The molecule has 1 heterocycles. The van der Waals surface area contributed by atoms with E-state index < -0.39 is 16.0 Å². The third kappa shape index (κ3) is 3.91. The van der Waals surface area contributed by atoms with Crippen LogP contribution in [0.5, 0.6) is 17.2 Å². The van der Waals surface area contributed by atoms with Crippen molar-refractivity contribution in [3.05, 3.63) is 48.0 Å². The summed E-state index contributed by atoms with van der Waals surface area (Å²) in [6, 6.07) is 11.0. The van der Waals surface area contributed by atoms with Gasteiger partial charge in [-0.1, -0.05) is 12.1 Å². The lowest BCUT2D eigenvalue weighted by atomic mass is 10.2. The Morgan fingerprint density at radius 2 is 1.56 bits per heavy atom.